The van der Waals surface area contributed by atoms with Crippen molar-refractivity contribution >= 4 is 11.6 Å². The van der Waals surface area contributed by atoms with Gasteiger partial charge in [-0.1, -0.05) is 19.1 Å². The van der Waals surface area contributed by atoms with Gasteiger partial charge >= 0.3 is 0 Å². The fourth-order valence-corrected chi connectivity index (χ4v) is 1.78. The van der Waals surface area contributed by atoms with Gasteiger partial charge in [0, 0.05) is 5.38 Å². The number of methoxy groups -OCH3 is 1. The van der Waals surface area contributed by atoms with Crippen LogP contribution < -0.4 is 4.74 Å². The second-order valence-electron chi connectivity index (χ2n) is 3.83. The van der Waals surface area contributed by atoms with Crippen molar-refractivity contribution in [3.63, 3.8) is 0 Å². The zero-order valence-electron chi connectivity index (χ0n) is 9.80. The van der Waals surface area contributed by atoms with Gasteiger partial charge in [-0.2, -0.15) is 0 Å². The largest absolute Gasteiger partial charge is 0.494 e. The standard InChI is InChI=1S/C13H18ClFO/c1-3-11(14)8-4-6-10-7-5-9-12(16-2)13(10)15/h5,7,9,11H,3-4,6,8H2,1-2H3. The van der Waals surface area contributed by atoms with Crippen LogP contribution in [0.1, 0.15) is 31.7 Å². The summed E-state index contributed by atoms with van der Waals surface area (Å²) >= 11 is 6.01. The molecule has 0 spiro atoms. The van der Waals surface area contributed by atoms with E-state index in [0.29, 0.717) is 17.7 Å². The summed E-state index contributed by atoms with van der Waals surface area (Å²) in [6.45, 7) is 2.06. The topological polar surface area (TPSA) is 9.23 Å². The predicted molar refractivity (Wildman–Crippen MR) is 65.8 cm³/mol. The number of halogens is 2. The molecule has 0 fully saturated rings. The second-order valence-corrected chi connectivity index (χ2v) is 4.45. The summed E-state index contributed by atoms with van der Waals surface area (Å²) < 4.78 is 18.7. The van der Waals surface area contributed by atoms with E-state index < -0.39 is 0 Å². The molecule has 0 saturated carbocycles. The minimum Gasteiger partial charge on any atom is -0.494 e. The molecule has 1 atom stereocenters. The molecule has 1 aromatic rings. The van der Waals surface area contributed by atoms with E-state index in [0.717, 1.165) is 19.3 Å². The lowest BCUT2D eigenvalue weighted by atomic mass is 10.1. The van der Waals surface area contributed by atoms with E-state index in [1.165, 1.54) is 7.11 Å². The van der Waals surface area contributed by atoms with Crippen LogP contribution >= 0.6 is 11.6 Å². The van der Waals surface area contributed by atoms with E-state index in [-0.39, 0.29) is 11.2 Å². The van der Waals surface area contributed by atoms with Gasteiger partial charge in [0.05, 0.1) is 7.11 Å². The van der Waals surface area contributed by atoms with Crippen LogP contribution in [0.3, 0.4) is 0 Å². The molecule has 1 unspecified atom stereocenters. The number of aryl methyl sites for hydroxylation is 1. The van der Waals surface area contributed by atoms with Crippen molar-refractivity contribution in [1.82, 2.24) is 0 Å². The molecule has 1 aromatic carbocycles. The minimum atomic E-state index is -0.243. The van der Waals surface area contributed by atoms with Crippen LogP contribution in [0.5, 0.6) is 5.75 Å². The number of alkyl halides is 1. The molecule has 0 aliphatic heterocycles. The number of benzene rings is 1. The highest BCUT2D eigenvalue weighted by Gasteiger charge is 2.08. The van der Waals surface area contributed by atoms with E-state index in [1.807, 2.05) is 6.07 Å². The molecule has 1 rings (SSSR count). The van der Waals surface area contributed by atoms with Crippen molar-refractivity contribution in [2.45, 2.75) is 38.0 Å². The summed E-state index contributed by atoms with van der Waals surface area (Å²) in [5, 5.41) is 0.202. The number of hydrogen-bond donors (Lipinski definition) is 0. The maximum atomic E-state index is 13.7. The molecular formula is C13H18ClFO. The second kappa shape index (κ2) is 6.74. The third-order valence-electron chi connectivity index (χ3n) is 2.67. The molecule has 16 heavy (non-hydrogen) atoms. The molecule has 0 aromatic heterocycles. The molecule has 0 N–H and O–H groups in total. The quantitative estimate of drug-likeness (QED) is 0.683. The van der Waals surface area contributed by atoms with Gasteiger partial charge in [0.1, 0.15) is 0 Å². The smallest absolute Gasteiger partial charge is 0.168 e. The Labute approximate surface area is 102 Å². The molecule has 3 heteroatoms. The minimum absolute atomic E-state index is 0.202. The maximum Gasteiger partial charge on any atom is 0.168 e. The average Bonchev–Trinajstić information content (AvgIpc) is 2.31. The highest BCUT2D eigenvalue weighted by Crippen LogP contribution is 2.22. The molecule has 0 amide bonds. The molecule has 1 nitrogen and oxygen atoms in total. The van der Waals surface area contributed by atoms with E-state index in [9.17, 15) is 4.39 Å². The Morgan fingerprint density at radius 2 is 2.19 bits per heavy atom. The van der Waals surface area contributed by atoms with Crippen molar-refractivity contribution < 1.29 is 9.13 Å². The van der Waals surface area contributed by atoms with Gasteiger partial charge in [0.2, 0.25) is 0 Å². The van der Waals surface area contributed by atoms with Crippen molar-refractivity contribution in [3.8, 4) is 5.75 Å². The zero-order chi connectivity index (χ0) is 12.0. The lowest BCUT2D eigenvalue weighted by Gasteiger charge is -2.08. The summed E-state index contributed by atoms with van der Waals surface area (Å²) in [6.07, 6.45) is 3.51. The van der Waals surface area contributed by atoms with Crippen molar-refractivity contribution in [2.24, 2.45) is 0 Å². The summed E-state index contributed by atoms with van der Waals surface area (Å²) in [7, 11) is 1.48. The fraction of sp³-hybridized carbons (Fsp3) is 0.538. The van der Waals surface area contributed by atoms with Gasteiger partial charge < -0.3 is 4.74 Å². The molecule has 0 radical (unpaired) electrons. The van der Waals surface area contributed by atoms with Crippen LogP contribution in [0.2, 0.25) is 0 Å². The first-order chi connectivity index (χ1) is 7.69. The average molecular weight is 245 g/mol. The fourth-order valence-electron chi connectivity index (χ4n) is 1.63. The van der Waals surface area contributed by atoms with Crippen LogP contribution in [0, 0.1) is 5.82 Å². The van der Waals surface area contributed by atoms with Gasteiger partial charge in [-0.15, -0.1) is 11.6 Å². The summed E-state index contributed by atoms with van der Waals surface area (Å²) in [5.74, 6) is 0.0723. The molecule has 0 bridgehead atoms. The van der Waals surface area contributed by atoms with Gasteiger partial charge in [-0.25, -0.2) is 4.39 Å². The van der Waals surface area contributed by atoms with Crippen LogP contribution in [-0.2, 0) is 6.42 Å². The maximum absolute atomic E-state index is 13.7. The zero-order valence-corrected chi connectivity index (χ0v) is 10.6. The first-order valence-corrected chi connectivity index (χ1v) is 6.08. The molecule has 0 aliphatic rings. The Morgan fingerprint density at radius 3 is 2.81 bits per heavy atom. The van der Waals surface area contributed by atoms with E-state index in [1.54, 1.807) is 12.1 Å². The first kappa shape index (κ1) is 13.3. The lowest BCUT2D eigenvalue weighted by Crippen LogP contribution is -1.99. The highest BCUT2D eigenvalue weighted by atomic mass is 35.5. The number of rotatable bonds is 6. The molecular weight excluding hydrogens is 227 g/mol. The van der Waals surface area contributed by atoms with Gasteiger partial charge in [-0.3, -0.25) is 0 Å². The lowest BCUT2D eigenvalue weighted by molar-refractivity contribution is 0.384. The third-order valence-corrected chi connectivity index (χ3v) is 3.20. The van der Waals surface area contributed by atoms with Gasteiger partial charge in [-0.05, 0) is 37.3 Å². The van der Waals surface area contributed by atoms with Gasteiger partial charge in [0.25, 0.3) is 0 Å². The molecule has 0 heterocycles. The van der Waals surface area contributed by atoms with Crippen molar-refractivity contribution in [3.05, 3.63) is 29.6 Å². The molecule has 0 saturated heterocycles. The van der Waals surface area contributed by atoms with E-state index in [4.69, 9.17) is 16.3 Å². The van der Waals surface area contributed by atoms with Crippen LogP contribution in [0.15, 0.2) is 18.2 Å². The predicted octanol–water partition coefficient (Wildman–Crippen LogP) is 4.17. The molecule has 0 aliphatic carbocycles. The number of hydrogen-bond acceptors (Lipinski definition) is 1. The normalized spacial score (nSPS) is 12.5. The van der Waals surface area contributed by atoms with Crippen molar-refractivity contribution in [2.75, 3.05) is 7.11 Å². The Balaban J connectivity index is 2.54. The van der Waals surface area contributed by atoms with E-state index in [2.05, 4.69) is 6.92 Å². The SMILES string of the molecule is CCC(Cl)CCCc1cccc(OC)c1F. The first-order valence-electron chi connectivity index (χ1n) is 5.64. The Kier molecular flexibility index (Phi) is 5.61. The van der Waals surface area contributed by atoms with Crippen LogP contribution in [0.25, 0.3) is 0 Å². The van der Waals surface area contributed by atoms with Crippen molar-refractivity contribution in [1.29, 1.82) is 0 Å². The third kappa shape index (κ3) is 3.67. The summed E-state index contributed by atoms with van der Waals surface area (Å²) in [5.41, 5.74) is 0.708. The monoisotopic (exact) mass is 244 g/mol. The Bertz CT molecular complexity index is 328. The van der Waals surface area contributed by atoms with Crippen LogP contribution in [-0.4, -0.2) is 12.5 Å². The van der Waals surface area contributed by atoms with Crippen LogP contribution in [0.4, 0.5) is 4.39 Å². The Morgan fingerprint density at radius 1 is 1.44 bits per heavy atom. The number of ether oxygens (including phenoxy) is 1. The summed E-state index contributed by atoms with van der Waals surface area (Å²) in [6, 6.07) is 5.25. The summed E-state index contributed by atoms with van der Waals surface area (Å²) in [4.78, 5) is 0. The van der Waals surface area contributed by atoms with Gasteiger partial charge in [0.15, 0.2) is 11.6 Å². The highest BCUT2D eigenvalue weighted by molar-refractivity contribution is 6.20. The van der Waals surface area contributed by atoms with E-state index >= 15 is 0 Å². The molecule has 90 valence electrons. The Hall–Kier alpha value is -0.760.